The summed E-state index contributed by atoms with van der Waals surface area (Å²) in [6.45, 7) is 1.87. The van der Waals surface area contributed by atoms with Crippen LogP contribution in [0.5, 0.6) is 0 Å². The zero-order valence-corrected chi connectivity index (χ0v) is 16.6. The number of rotatable bonds is 6. The van der Waals surface area contributed by atoms with Gasteiger partial charge in [-0.2, -0.15) is 0 Å². The standard InChI is InChI=1S/C20H26N2O4S/c1-13(19(24)21-15-6-3-4-7-15)26-20(25)14-10-18(23)22(12-14)16-8-5-9-17(11-16)27-2/h5,8-9,11,13-15H,3-4,6-7,10,12H2,1-2H3,(H,21,24)/t13-,14+/m1/s1. The number of benzene rings is 1. The third kappa shape index (κ3) is 4.83. The predicted molar refractivity (Wildman–Crippen MR) is 105 cm³/mol. The lowest BCUT2D eigenvalue weighted by atomic mass is 10.1. The van der Waals surface area contributed by atoms with Gasteiger partial charge in [0.15, 0.2) is 6.10 Å². The summed E-state index contributed by atoms with van der Waals surface area (Å²) in [5.74, 6) is -1.39. The van der Waals surface area contributed by atoms with Gasteiger partial charge in [0.05, 0.1) is 5.92 Å². The van der Waals surface area contributed by atoms with Crippen molar-refractivity contribution in [2.24, 2.45) is 5.92 Å². The Morgan fingerprint density at radius 2 is 2.04 bits per heavy atom. The van der Waals surface area contributed by atoms with E-state index in [9.17, 15) is 14.4 Å². The van der Waals surface area contributed by atoms with E-state index in [0.29, 0.717) is 0 Å². The molecule has 3 rings (SSSR count). The minimum atomic E-state index is -0.845. The molecule has 1 aromatic carbocycles. The minimum absolute atomic E-state index is 0.0988. The van der Waals surface area contributed by atoms with E-state index >= 15 is 0 Å². The summed E-state index contributed by atoms with van der Waals surface area (Å²) in [5.41, 5.74) is 0.786. The first-order valence-electron chi connectivity index (χ1n) is 9.43. The first kappa shape index (κ1) is 19.7. The molecule has 0 spiro atoms. The number of carbonyl (C=O) groups is 3. The molecule has 2 aliphatic rings. The molecule has 1 aromatic rings. The molecule has 0 aromatic heterocycles. The summed E-state index contributed by atoms with van der Waals surface area (Å²) in [6, 6.07) is 7.86. The van der Waals surface area contributed by atoms with Crippen molar-refractivity contribution in [2.45, 2.75) is 56.1 Å². The van der Waals surface area contributed by atoms with Crippen LogP contribution in [0, 0.1) is 5.92 Å². The van der Waals surface area contributed by atoms with Crippen LogP contribution in [0.25, 0.3) is 0 Å². The van der Waals surface area contributed by atoms with Gasteiger partial charge in [-0.15, -0.1) is 11.8 Å². The molecule has 2 atom stereocenters. The van der Waals surface area contributed by atoms with Crippen LogP contribution >= 0.6 is 11.8 Å². The Labute approximate surface area is 164 Å². The quantitative estimate of drug-likeness (QED) is 0.597. The van der Waals surface area contributed by atoms with Crippen LogP contribution in [0.15, 0.2) is 29.2 Å². The summed E-state index contributed by atoms with van der Waals surface area (Å²) in [5, 5.41) is 2.93. The van der Waals surface area contributed by atoms with Crippen LogP contribution in [0.3, 0.4) is 0 Å². The third-order valence-corrected chi connectivity index (χ3v) is 5.91. The lowest BCUT2D eigenvalue weighted by Gasteiger charge is -2.19. The zero-order valence-electron chi connectivity index (χ0n) is 15.8. The van der Waals surface area contributed by atoms with E-state index in [4.69, 9.17) is 4.74 Å². The molecule has 27 heavy (non-hydrogen) atoms. The number of nitrogens with one attached hydrogen (secondary N) is 1. The van der Waals surface area contributed by atoms with Gasteiger partial charge in [0.2, 0.25) is 5.91 Å². The molecule has 1 aliphatic carbocycles. The van der Waals surface area contributed by atoms with Gasteiger partial charge in [-0.25, -0.2) is 0 Å². The van der Waals surface area contributed by atoms with E-state index in [1.807, 2.05) is 30.5 Å². The molecule has 6 nitrogen and oxygen atoms in total. The fraction of sp³-hybridized carbons (Fsp3) is 0.550. The van der Waals surface area contributed by atoms with Crippen LogP contribution in [-0.4, -0.2) is 42.7 Å². The highest BCUT2D eigenvalue weighted by atomic mass is 32.2. The van der Waals surface area contributed by atoms with E-state index in [0.717, 1.165) is 36.3 Å². The largest absolute Gasteiger partial charge is 0.452 e. The Morgan fingerprint density at radius 3 is 2.74 bits per heavy atom. The molecule has 146 valence electrons. The van der Waals surface area contributed by atoms with Gasteiger partial charge < -0.3 is 15.0 Å². The predicted octanol–water partition coefficient (Wildman–Crippen LogP) is 2.75. The van der Waals surface area contributed by atoms with Crippen LogP contribution < -0.4 is 10.2 Å². The third-order valence-electron chi connectivity index (χ3n) is 5.19. The number of esters is 1. The molecule has 0 unspecified atom stereocenters. The van der Waals surface area contributed by atoms with E-state index in [-0.39, 0.29) is 30.8 Å². The number of anilines is 1. The summed E-state index contributed by atoms with van der Waals surface area (Å²) in [7, 11) is 0. The maximum absolute atomic E-state index is 12.5. The SMILES string of the molecule is CSc1cccc(N2C[C@@H](C(=O)O[C@H](C)C(=O)NC3CCCC3)CC2=O)c1. The molecule has 1 heterocycles. The van der Waals surface area contributed by atoms with Crippen molar-refractivity contribution >= 4 is 35.2 Å². The Balaban J connectivity index is 1.55. The van der Waals surface area contributed by atoms with E-state index in [1.54, 1.807) is 23.6 Å². The maximum Gasteiger partial charge on any atom is 0.312 e. The van der Waals surface area contributed by atoms with Gasteiger partial charge in [0, 0.05) is 29.6 Å². The highest BCUT2D eigenvalue weighted by molar-refractivity contribution is 7.98. The molecule has 0 radical (unpaired) electrons. The van der Waals surface area contributed by atoms with Crippen molar-refractivity contribution in [3.8, 4) is 0 Å². The maximum atomic E-state index is 12.5. The van der Waals surface area contributed by atoms with Crippen LogP contribution in [0.4, 0.5) is 5.69 Å². The molecule has 1 saturated carbocycles. The molecule has 1 saturated heterocycles. The second-order valence-electron chi connectivity index (χ2n) is 7.18. The molecular formula is C20H26N2O4S. The van der Waals surface area contributed by atoms with E-state index < -0.39 is 18.0 Å². The number of amides is 2. The summed E-state index contributed by atoms with van der Waals surface area (Å²) < 4.78 is 5.35. The van der Waals surface area contributed by atoms with Gasteiger partial charge in [-0.1, -0.05) is 18.9 Å². The minimum Gasteiger partial charge on any atom is -0.452 e. The Hall–Kier alpha value is -2.02. The van der Waals surface area contributed by atoms with Crippen molar-refractivity contribution in [3.63, 3.8) is 0 Å². The highest BCUT2D eigenvalue weighted by Crippen LogP contribution is 2.29. The molecule has 7 heteroatoms. The Morgan fingerprint density at radius 1 is 1.30 bits per heavy atom. The average Bonchev–Trinajstić information content (AvgIpc) is 3.31. The van der Waals surface area contributed by atoms with Crippen LogP contribution in [-0.2, 0) is 19.1 Å². The van der Waals surface area contributed by atoms with Gasteiger partial charge in [0.25, 0.3) is 5.91 Å². The first-order valence-corrected chi connectivity index (χ1v) is 10.7. The number of ether oxygens (including phenoxy) is 1. The normalized spacial score (nSPS) is 21.3. The molecule has 0 bridgehead atoms. The molecule has 1 aliphatic heterocycles. The van der Waals surface area contributed by atoms with Crippen molar-refractivity contribution < 1.29 is 19.1 Å². The smallest absolute Gasteiger partial charge is 0.312 e. The van der Waals surface area contributed by atoms with E-state index in [1.165, 1.54) is 0 Å². The second-order valence-corrected chi connectivity index (χ2v) is 8.06. The van der Waals surface area contributed by atoms with Crippen molar-refractivity contribution in [1.29, 1.82) is 0 Å². The highest BCUT2D eigenvalue weighted by Gasteiger charge is 2.37. The Bertz CT molecular complexity index is 718. The fourth-order valence-corrected chi connectivity index (χ4v) is 4.06. The molecule has 2 amide bonds. The van der Waals surface area contributed by atoms with Crippen molar-refractivity contribution in [2.75, 3.05) is 17.7 Å². The zero-order chi connectivity index (χ0) is 19.4. The Kier molecular flexibility index (Phi) is 6.42. The van der Waals surface area contributed by atoms with Crippen molar-refractivity contribution in [3.05, 3.63) is 24.3 Å². The van der Waals surface area contributed by atoms with E-state index in [2.05, 4.69) is 5.32 Å². The second kappa shape index (κ2) is 8.78. The number of hydrogen-bond acceptors (Lipinski definition) is 5. The van der Waals surface area contributed by atoms with Crippen molar-refractivity contribution in [1.82, 2.24) is 5.32 Å². The number of carbonyl (C=O) groups excluding carboxylic acids is 3. The monoisotopic (exact) mass is 390 g/mol. The topological polar surface area (TPSA) is 75.7 Å². The molecule has 1 N–H and O–H groups in total. The lowest BCUT2D eigenvalue weighted by Crippen LogP contribution is -2.41. The molecule has 2 fully saturated rings. The van der Waals surface area contributed by atoms with Gasteiger partial charge in [0.1, 0.15) is 0 Å². The number of thioether (sulfide) groups is 1. The van der Waals surface area contributed by atoms with Gasteiger partial charge in [-0.05, 0) is 44.2 Å². The van der Waals surface area contributed by atoms with Gasteiger partial charge >= 0.3 is 5.97 Å². The fourth-order valence-electron chi connectivity index (χ4n) is 3.61. The number of nitrogens with zero attached hydrogens (tertiary/aromatic N) is 1. The lowest BCUT2D eigenvalue weighted by molar-refractivity contribution is -0.158. The average molecular weight is 391 g/mol. The summed E-state index contributed by atoms with van der Waals surface area (Å²) in [6.07, 6.45) is 5.44. The number of hydrogen-bond donors (Lipinski definition) is 1. The van der Waals surface area contributed by atoms with Crippen LogP contribution in [0.1, 0.15) is 39.0 Å². The molecular weight excluding hydrogens is 364 g/mol. The summed E-state index contributed by atoms with van der Waals surface area (Å²) >= 11 is 1.60. The van der Waals surface area contributed by atoms with Crippen LogP contribution in [0.2, 0.25) is 0 Å². The summed E-state index contributed by atoms with van der Waals surface area (Å²) in [4.78, 5) is 39.7. The first-order chi connectivity index (χ1) is 13.0. The van der Waals surface area contributed by atoms with Gasteiger partial charge in [-0.3, -0.25) is 14.4 Å².